The predicted molar refractivity (Wildman–Crippen MR) is 83.8 cm³/mol. The van der Waals surface area contributed by atoms with E-state index in [1.165, 1.54) is 11.1 Å². The maximum atomic E-state index is 6.43. The minimum atomic E-state index is -0.109. The van der Waals surface area contributed by atoms with Crippen LogP contribution in [-0.4, -0.2) is 13.2 Å². The molecule has 3 atom stereocenters. The Kier molecular flexibility index (Phi) is 3.84. The molecule has 2 aromatic rings. The molecule has 0 amide bonds. The second kappa shape index (κ2) is 5.78. The lowest BCUT2D eigenvalue weighted by Crippen LogP contribution is -2.37. The monoisotopic (exact) mass is 283 g/mol. The summed E-state index contributed by atoms with van der Waals surface area (Å²) in [7, 11) is 1.65. The molecule has 110 valence electrons. The van der Waals surface area contributed by atoms with Gasteiger partial charge in [0.15, 0.2) is 11.5 Å². The van der Waals surface area contributed by atoms with Crippen molar-refractivity contribution in [3.8, 4) is 11.5 Å². The molecule has 0 bridgehead atoms. The van der Waals surface area contributed by atoms with Crippen molar-refractivity contribution in [1.29, 1.82) is 0 Å². The minimum absolute atomic E-state index is 0.0359. The number of para-hydroxylation sites is 2. The Balaban J connectivity index is 1.88. The topological polar surface area (TPSA) is 44.5 Å². The number of hydrogen-bond donors (Lipinski definition) is 1. The van der Waals surface area contributed by atoms with E-state index in [0.29, 0.717) is 5.92 Å². The Hall–Kier alpha value is -2.00. The summed E-state index contributed by atoms with van der Waals surface area (Å²) >= 11 is 0. The summed E-state index contributed by atoms with van der Waals surface area (Å²) in [6.45, 7) is 2.23. The van der Waals surface area contributed by atoms with Gasteiger partial charge in [0.25, 0.3) is 0 Å². The number of ether oxygens (including phenoxy) is 2. The first-order valence-corrected chi connectivity index (χ1v) is 7.34. The van der Waals surface area contributed by atoms with E-state index in [-0.39, 0.29) is 12.1 Å². The van der Waals surface area contributed by atoms with Crippen molar-refractivity contribution in [2.45, 2.75) is 31.4 Å². The molecule has 1 aliphatic rings. The van der Waals surface area contributed by atoms with E-state index >= 15 is 0 Å². The van der Waals surface area contributed by atoms with Crippen LogP contribution in [0.1, 0.15) is 36.4 Å². The molecule has 3 nitrogen and oxygen atoms in total. The van der Waals surface area contributed by atoms with Gasteiger partial charge < -0.3 is 15.2 Å². The van der Waals surface area contributed by atoms with E-state index in [1.54, 1.807) is 7.11 Å². The van der Waals surface area contributed by atoms with E-state index in [0.717, 1.165) is 17.9 Å². The fourth-order valence-electron chi connectivity index (χ4n) is 3.09. The number of rotatable bonds is 3. The second-order valence-corrected chi connectivity index (χ2v) is 5.60. The summed E-state index contributed by atoms with van der Waals surface area (Å²) < 4.78 is 11.5. The normalized spacial score (nSPS) is 24.2. The number of nitrogens with two attached hydrogens (primary N) is 1. The van der Waals surface area contributed by atoms with Gasteiger partial charge in [0, 0.05) is 0 Å². The van der Waals surface area contributed by atoms with E-state index in [1.807, 2.05) is 30.3 Å². The molecular formula is C18H21NO2. The van der Waals surface area contributed by atoms with Gasteiger partial charge >= 0.3 is 0 Å². The quantitative estimate of drug-likeness (QED) is 0.935. The average molecular weight is 283 g/mol. The first kappa shape index (κ1) is 14.0. The van der Waals surface area contributed by atoms with Crippen LogP contribution in [0, 0.1) is 0 Å². The molecule has 0 saturated carbocycles. The zero-order chi connectivity index (χ0) is 14.8. The van der Waals surface area contributed by atoms with Crippen LogP contribution in [0.2, 0.25) is 0 Å². The van der Waals surface area contributed by atoms with Crippen LogP contribution in [0.3, 0.4) is 0 Å². The van der Waals surface area contributed by atoms with Gasteiger partial charge in [-0.1, -0.05) is 43.3 Å². The third kappa shape index (κ3) is 2.61. The molecule has 0 saturated heterocycles. The summed E-state index contributed by atoms with van der Waals surface area (Å²) in [4.78, 5) is 0. The molecule has 0 aromatic heterocycles. The smallest absolute Gasteiger partial charge is 0.161 e. The number of hydrogen-bond acceptors (Lipinski definition) is 3. The molecule has 21 heavy (non-hydrogen) atoms. The molecule has 0 spiro atoms. The fourth-order valence-corrected chi connectivity index (χ4v) is 3.09. The first-order valence-electron chi connectivity index (χ1n) is 7.34. The van der Waals surface area contributed by atoms with Crippen molar-refractivity contribution in [3.05, 3.63) is 59.7 Å². The molecule has 0 aliphatic heterocycles. The lowest BCUT2D eigenvalue weighted by atomic mass is 9.79. The van der Waals surface area contributed by atoms with Gasteiger partial charge in [-0.3, -0.25) is 0 Å². The van der Waals surface area contributed by atoms with Crippen LogP contribution in [-0.2, 0) is 0 Å². The largest absolute Gasteiger partial charge is 0.493 e. The summed E-state index contributed by atoms with van der Waals surface area (Å²) in [5.74, 6) is 1.95. The van der Waals surface area contributed by atoms with Gasteiger partial charge in [-0.05, 0) is 35.6 Å². The fraction of sp³-hybridized carbons (Fsp3) is 0.333. The number of fused-ring (bicyclic) bond motifs is 1. The highest BCUT2D eigenvalue weighted by Gasteiger charge is 2.32. The Morgan fingerprint density at radius 2 is 1.57 bits per heavy atom. The van der Waals surface area contributed by atoms with Crippen molar-refractivity contribution in [2.24, 2.45) is 5.73 Å². The Morgan fingerprint density at radius 3 is 2.29 bits per heavy atom. The van der Waals surface area contributed by atoms with Crippen molar-refractivity contribution < 1.29 is 9.47 Å². The molecular weight excluding hydrogens is 262 g/mol. The van der Waals surface area contributed by atoms with Crippen molar-refractivity contribution in [3.63, 3.8) is 0 Å². The maximum Gasteiger partial charge on any atom is 0.161 e. The highest BCUT2D eigenvalue weighted by atomic mass is 16.5. The lowest BCUT2D eigenvalue weighted by molar-refractivity contribution is 0.139. The van der Waals surface area contributed by atoms with E-state index < -0.39 is 0 Å². The molecule has 1 aliphatic carbocycles. The van der Waals surface area contributed by atoms with Gasteiger partial charge in [-0.2, -0.15) is 0 Å². The Bertz CT molecular complexity index is 626. The van der Waals surface area contributed by atoms with Crippen molar-refractivity contribution >= 4 is 0 Å². The van der Waals surface area contributed by atoms with Gasteiger partial charge in [0.1, 0.15) is 6.10 Å². The standard InChI is InChI=1S/C18H21NO2/c1-12-11-17(18(19)14-8-4-3-7-13(12)14)21-16-10-6-5-9-15(16)20-2/h3-10,12,17-18H,11,19H2,1-2H3. The molecule has 0 heterocycles. The molecule has 2 N–H and O–H groups in total. The third-order valence-electron chi connectivity index (χ3n) is 4.22. The van der Waals surface area contributed by atoms with Crippen LogP contribution in [0.4, 0.5) is 0 Å². The number of methoxy groups -OCH3 is 1. The van der Waals surface area contributed by atoms with Crippen LogP contribution < -0.4 is 15.2 Å². The average Bonchev–Trinajstić information content (AvgIpc) is 2.53. The summed E-state index contributed by atoms with van der Waals surface area (Å²) in [6, 6.07) is 16.0. The van der Waals surface area contributed by atoms with E-state index in [2.05, 4.69) is 25.1 Å². The highest BCUT2D eigenvalue weighted by Crippen LogP contribution is 2.39. The lowest BCUT2D eigenvalue weighted by Gasteiger charge is -2.35. The predicted octanol–water partition coefficient (Wildman–Crippen LogP) is 3.65. The zero-order valence-electron chi connectivity index (χ0n) is 12.5. The van der Waals surface area contributed by atoms with Crippen LogP contribution in [0.5, 0.6) is 11.5 Å². The molecule has 2 aromatic carbocycles. The highest BCUT2D eigenvalue weighted by molar-refractivity contribution is 5.41. The molecule has 3 unspecified atom stereocenters. The minimum Gasteiger partial charge on any atom is -0.493 e. The van der Waals surface area contributed by atoms with Crippen molar-refractivity contribution in [2.75, 3.05) is 7.11 Å². The second-order valence-electron chi connectivity index (χ2n) is 5.60. The SMILES string of the molecule is COc1ccccc1OC1CC(C)c2ccccc2C1N. The summed E-state index contributed by atoms with van der Waals surface area (Å²) in [6.07, 6.45) is 0.877. The molecule has 3 heteroatoms. The van der Waals surface area contributed by atoms with Crippen LogP contribution >= 0.6 is 0 Å². The maximum absolute atomic E-state index is 6.43. The molecule has 3 rings (SSSR count). The Morgan fingerprint density at radius 1 is 0.952 bits per heavy atom. The van der Waals surface area contributed by atoms with Gasteiger partial charge in [-0.25, -0.2) is 0 Å². The zero-order valence-corrected chi connectivity index (χ0v) is 12.5. The van der Waals surface area contributed by atoms with Gasteiger partial charge in [-0.15, -0.1) is 0 Å². The summed E-state index contributed by atoms with van der Waals surface area (Å²) in [5.41, 5.74) is 8.96. The number of benzene rings is 2. The van der Waals surface area contributed by atoms with Crippen molar-refractivity contribution in [1.82, 2.24) is 0 Å². The molecule has 0 radical (unpaired) electrons. The first-order chi connectivity index (χ1) is 10.2. The Labute approximate surface area is 125 Å². The van der Waals surface area contributed by atoms with Crippen LogP contribution in [0.15, 0.2) is 48.5 Å². The third-order valence-corrected chi connectivity index (χ3v) is 4.22. The van der Waals surface area contributed by atoms with Crippen LogP contribution in [0.25, 0.3) is 0 Å². The van der Waals surface area contributed by atoms with E-state index in [4.69, 9.17) is 15.2 Å². The van der Waals surface area contributed by atoms with Gasteiger partial charge in [0.2, 0.25) is 0 Å². The van der Waals surface area contributed by atoms with E-state index in [9.17, 15) is 0 Å². The van der Waals surface area contributed by atoms with Gasteiger partial charge in [0.05, 0.1) is 13.2 Å². The summed E-state index contributed by atoms with van der Waals surface area (Å²) in [5, 5.41) is 0. The molecule has 0 fully saturated rings.